The van der Waals surface area contributed by atoms with Crippen LogP contribution in [0.15, 0.2) is 24.4 Å². The largest absolute Gasteiger partial charge is 0.383 e. The molecule has 0 aliphatic rings. The number of hydrogen-bond acceptors (Lipinski definition) is 2. The third-order valence-electron chi connectivity index (χ3n) is 3.93. The van der Waals surface area contributed by atoms with Gasteiger partial charge in [-0.3, -0.25) is 0 Å². The summed E-state index contributed by atoms with van der Waals surface area (Å²) in [5.41, 5.74) is 2.55. The van der Waals surface area contributed by atoms with Gasteiger partial charge in [-0.25, -0.2) is 0 Å². The zero-order valence-corrected chi connectivity index (χ0v) is 13.9. The van der Waals surface area contributed by atoms with Gasteiger partial charge in [0.25, 0.3) is 0 Å². The Morgan fingerprint density at radius 2 is 2.19 bits per heavy atom. The van der Waals surface area contributed by atoms with Gasteiger partial charge < -0.3 is 14.6 Å². The molecule has 0 aliphatic heterocycles. The van der Waals surface area contributed by atoms with Crippen LogP contribution in [0.25, 0.3) is 10.9 Å². The molecule has 0 spiro atoms. The van der Waals surface area contributed by atoms with Gasteiger partial charge >= 0.3 is 0 Å². The number of aromatic nitrogens is 1. The van der Waals surface area contributed by atoms with E-state index in [1.165, 1.54) is 22.9 Å². The molecule has 1 aromatic carbocycles. The molecule has 3 nitrogen and oxygen atoms in total. The number of hydrogen-bond donors (Lipinski definition) is 1. The summed E-state index contributed by atoms with van der Waals surface area (Å²) in [5.74, 6) is 0.661. The van der Waals surface area contributed by atoms with E-state index in [1.54, 1.807) is 7.11 Å². The molecule has 1 aromatic heterocycles. The van der Waals surface area contributed by atoms with Crippen LogP contribution in [0.2, 0.25) is 5.02 Å². The summed E-state index contributed by atoms with van der Waals surface area (Å²) in [6, 6.07) is 6.16. The molecule has 0 bridgehead atoms. The second-order valence-electron chi connectivity index (χ2n) is 5.65. The van der Waals surface area contributed by atoms with Gasteiger partial charge in [0.05, 0.1) is 6.61 Å². The lowest BCUT2D eigenvalue weighted by Gasteiger charge is -2.11. The first kappa shape index (κ1) is 16.3. The first-order valence-corrected chi connectivity index (χ1v) is 8.00. The third-order valence-corrected chi connectivity index (χ3v) is 4.17. The quantitative estimate of drug-likeness (QED) is 0.744. The Kier molecular flexibility index (Phi) is 6.09. The highest BCUT2D eigenvalue weighted by molar-refractivity contribution is 6.31. The molecule has 0 fully saturated rings. The van der Waals surface area contributed by atoms with E-state index in [4.69, 9.17) is 16.3 Å². The van der Waals surface area contributed by atoms with Crippen molar-refractivity contribution < 1.29 is 4.74 Å². The lowest BCUT2D eigenvalue weighted by molar-refractivity contribution is 0.199. The number of halogens is 1. The van der Waals surface area contributed by atoms with E-state index in [2.05, 4.69) is 42.1 Å². The molecule has 0 radical (unpaired) electrons. The van der Waals surface area contributed by atoms with Gasteiger partial charge in [0, 0.05) is 48.9 Å². The van der Waals surface area contributed by atoms with Gasteiger partial charge in [0.15, 0.2) is 0 Å². The zero-order valence-electron chi connectivity index (χ0n) is 13.2. The molecule has 0 amide bonds. The molecule has 1 unspecified atom stereocenters. The zero-order chi connectivity index (χ0) is 15.2. The standard InChI is InChI=1S/C17H25ClN2O/c1-4-13(2)11-20-12-14(10-19-7-8-21-3)16-6-5-15(18)9-17(16)20/h5-6,9,12-13,19H,4,7-8,10-11H2,1-3H3. The lowest BCUT2D eigenvalue weighted by atomic mass is 10.1. The highest BCUT2D eigenvalue weighted by atomic mass is 35.5. The summed E-state index contributed by atoms with van der Waals surface area (Å²) < 4.78 is 7.41. The molecule has 2 aromatic rings. The number of rotatable bonds is 8. The minimum atomic E-state index is 0.661. The van der Waals surface area contributed by atoms with Gasteiger partial charge in [-0.05, 0) is 23.6 Å². The molecule has 21 heavy (non-hydrogen) atoms. The van der Waals surface area contributed by atoms with Crippen molar-refractivity contribution in [1.29, 1.82) is 0 Å². The van der Waals surface area contributed by atoms with Gasteiger partial charge in [-0.1, -0.05) is 37.9 Å². The molecule has 0 saturated carbocycles. The molecular formula is C17H25ClN2O. The molecule has 1 atom stereocenters. The average molecular weight is 309 g/mol. The molecular weight excluding hydrogens is 284 g/mol. The van der Waals surface area contributed by atoms with Gasteiger partial charge in [0.1, 0.15) is 0 Å². The summed E-state index contributed by atoms with van der Waals surface area (Å²) in [6.07, 6.45) is 3.44. The average Bonchev–Trinajstić information content (AvgIpc) is 2.81. The van der Waals surface area contributed by atoms with Crippen molar-refractivity contribution in [2.45, 2.75) is 33.4 Å². The van der Waals surface area contributed by atoms with Crippen LogP contribution >= 0.6 is 11.6 Å². The van der Waals surface area contributed by atoms with Gasteiger partial charge in [0.2, 0.25) is 0 Å². The van der Waals surface area contributed by atoms with E-state index in [0.29, 0.717) is 5.92 Å². The molecule has 4 heteroatoms. The monoisotopic (exact) mass is 308 g/mol. The fourth-order valence-corrected chi connectivity index (χ4v) is 2.66. The van der Waals surface area contributed by atoms with Crippen LogP contribution in [0, 0.1) is 5.92 Å². The van der Waals surface area contributed by atoms with E-state index < -0.39 is 0 Å². The van der Waals surface area contributed by atoms with Crippen molar-refractivity contribution >= 4 is 22.5 Å². The fraction of sp³-hybridized carbons (Fsp3) is 0.529. The molecule has 1 N–H and O–H groups in total. The Bertz CT molecular complexity index is 579. The molecule has 0 saturated heterocycles. The smallest absolute Gasteiger partial charge is 0.0587 e. The molecule has 0 aliphatic carbocycles. The van der Waals surface area contributed by atoms with E-state index in [1.807, 2.05) is 6.07 Å². The van der Waals surface area contributed by atoms with Crippen molar-refractivity contribution in [2.24, 2.45) is 5.92 Å². The molecule has 1 heterocycles. The Hall–Kier alpha value is -1.03. The second kappa shape index (κ2) is 7.83. The molecule has 116 valence electrons. The lowest BCUT2D eigenvalue weighted by Crippen LogP contribution is -2.18. The van der Waals surface area contributed by atoms with E-state index in [0.717, 1.165) is 31.3 Å². The number of fused-ring (bicyclic) bond motifs is 1. The van der Waals surface area contributed by atoms with Crippen LogP contribution in [-0.2, 0) is 17.8 Å². The van der Waals surface area contributed by atoms with E-state index in [-0.39, 0.29) is 0 Å². The number of ether oxygens (including phenoxy) is 1. The fourth-order valence-electron chi connectivity index (χ4n) is 2.50. The first-order chi connectivity index (χ1) is 10.2. The van der Waals surface area contributed by atoms with Crippen molar-refractivity contribution in [3.05, 3.63) is 35.0 Å². The van der Waals surface area contributed by atoms with Crippen molar-refractivity contribution in [1.82, 2.24) is 9.88 Å². The first-order valence-electron chi connectivity index (χ1n) is 7.62. The maximum Gasteiger partial charge on any atom is 0.0587 e. The van der Waals surface area contributed by atoms with Crippen LogP contribution in [0.5, 0.6) is 0 Å². The Labute approximate surface area is 132 Å². The predicted octanol–water partition coefficient (Wildman–Crippen LogP) is 4.08. The SMILES string of the molecule is CCC(C)Cn1cc(CNCCOC)c2ccc(Cl)cc21. The minimum absolute atomic E-state index is 0.661. The normalized spacial score (nSPS) is 13.0. The summed E-state index contributed by atoms with van der Waals surface area (Å²) in [4.78, 5) is 0. The van der Waals surface area contributed by atoms with E-state index in [9.17, 15) is 0 Å². The number of benzene rings is 1. The van der Waals surface area contributed by atoms with Crippen LogP contribution in [0.3, 0.4) is 0 Å². The van der Waals surface area contributed by atoms with Crippen LogP contribution in [-0.4, -0.2) is 24.8 Å². The Morgan fingerprint density at radius 3 is 2.90 bits per heavy atom. The van der Waals surface area contributed by atoms with Crippen LogP contribution in [0.4, 0.5) is 0 Å². The third kappa shape index (κ3) is 4.22. The maximum absolute atomic E-state index is 6.17. The number of nitrogens with one attached hydrogen (secondary N) is 1. The topological polar surface area (TPSA) is 26.2 Å². The van der Waals surface area contributed by atoms with Crippen LogP contribution in [0.1, 0.15) is 25.8 Å². The molecule has 2 rings (SSSR count). The Morgan fingerprint density at radius 1 is 1.38 bits per heavy atom. The van der Waals surface area contributed by atoms with Crippen LogP contribution < -0.4 is 5.32 Å². The van der Waals surface area contributed by atoms with E-state index >= 15 is 0 Å². The predicted molar refractivity (Wildman–Crippen MR) is 90.0 cm³/mol. The van der Waals surface area contributed by atoms with Gasteiger partial charge in [-0.15, -0.1) is 0 Å². The summed E-state index contributed by atoms with van der Waals surface area (Å²) in [7, 11) is 1.72. The Balaban J connectivity index is 2.24. The highest BCUT2D eigenvalue weighted by Gasteiger charge is 2.10. The summed E-state index contributed by atoms with van der Waals surface area (Å²) in [6.45, 7) is 8.00. The second-order valence-corrected chi connectivity index (χ2v) is 6.09. The van der Waals surface area contributed by atoms with Crippen molar-refractivity contribution in [3.63, 3.8) is 0 Å². The number of nitrogens with zero attached hydrogens (tertiary/aromatic N) is 1. The maximum atomic E-state index is 6.17. The van der Waals surface area contributed by atoms with Gasteiger partial charge in [-0.2, -0.15) is 0 Å². The highest BCUT2D eigenvalue weighted by Crippen LogP contribution is 2.26. The van der Waals surface area contributed by atoms with Crippen molar-refractivity contribution in [2.75, 3.05) is 20.3 Å². The number of methoxy groups -OCH3 is 1. The minimum Gasteiger partial charge on any atom is -0.383 e. The summed E-state index contributed by atoms with van der Waals surface area (Å²) in [5, 5.41) is 5.50. The summed E-state index contributed by atoms with van der Waals surface area (Å²) >= 11 is 6.17. The van der Waals surface area contributed by atoms with Crippen molar-refractivity contribution in [3.8, 4) is 0 Å².